The van der Waals surface area contributed by atoms with Gasteiger partial charge in [0.15, 0.2) is 0 Å². The van der Waals surface area contributed by atoms with Crippen LogP contribution in [-0.4, -0.2) is 35.3 Å². The Morgan fingerprint density at radius 1 is 1.18 bits per heavy atom. The third kappa shape index (κ3) is 5.44. The lowest BCUT2D eigenvalue weighted by Crippen LogP contribution is -2.40. The fourth-order valence-electron chi connectivity index (χ4n) is 2.29. The second kappa shape index (κ2) is 8.93. The van der Waals surface area contributed by atoms with Gasteiger partial charge in [-0.25, -0.2) is 0 Å². The second-order valence-corrected chi connectivity index (χ2v) is 6.58. The third-order valence-electron chi connectivity index (χ3n) is 3.78. The number of hydrogen-bond acceptors (Lipinski definition) is 4. The first kappa shape index (κ1) is 17.0. The van der Waals surface area contributed by atoms with E-state index < -0.39 is 6.10 Å². The molecule has 1 heterocycles. The summed E-state index contributed by atoms with van der Waals surface area (Å²) in [5, 5.41) is 12.4. The van der Waals surface area contributed by atoms with Gasteiger partial charge in [-0.2, -0.15) is 0 Å². The molecular formula is C18H25NO2S. The molecule has 0 aliphatic carbocycles. The Balaban J connectivity index is 1.85. The predicted octanol–water partition coefficient (Wildman–Crippen LogP) is 3.79. The number of aliphatic hydroxyl groups is 1. The summed E-state index contributed by atoms with van der Waals surface area (Å²) < 4.78 is 5.64. The van der Waals surface area contributed by atoms with Crippen LogP contribution >= 0.6 is 11.3 Å². The van der Waals surface area contributed by atoms with Crippen LogP contribution in [0.5, 0.6) is 5.75 Å². The number of ether oxygens (including phenoxy) is 1. The van der Waals surface area contributed by atoms with Gasteiger partial charge in [-0.1, -0.05) is 31.2 Å². The van der Waals surface area contributed by atoms with Crippen molar-refractivity contribution >= 4 is 11.3 Å². The third-order valence-corrected chi connectivity index (χ3v) is 4.65. The van der Waals surface area contributed by atoms with E-state index in [4.69, 9.17) is 4.74 Å². The number of benzene rings is 1. The number of nitrogens with zero attached hydrogens (tertiary/aromatic N) is 1. The van der Waals surface area contributed by atoms with Gasteiger partial charge in [0.05, 0.1) is 0 Å². The summed E-state index contributed by atoms with van der Waals surface area (Å²) in [6.45, 7) is 6.22. The molecule has 120 valence electrons. The first-order valence-electron chi connectivity index (χ1n) is 7.81. The first-order chi connectivity index (χ1) is 10.7. The van der Waals surface area contributed by atoms with E-state index in [0.29, 0.717) is 19.2 Å². The summed E-state index contributed by atoms with van der Waals surface area (Å²) in [5.41, 5.74) is 0. The van der Waals surface area contributed by atoms with E-state index in [0.717, 1.165) is 18.7 Å². The largest absolute Gasteiger partial charge is 0.491 e. The molecule has 4 heteroatoms. The molecule has 1 N–H and O–H groups in total. The van der Waals surface area contributed by atoms with Crippen molar-refractivity contribution in [3.05, 3.63) is 52.7 Å². The standard InChI is InChI=1S/C18H25NO2S/c1-3-15(2)19(13-18-10-7-11-22-18)12-16(20)14-21-17-8-5-4-6-9-17/h4-11,15-16,20H,3,12-14H2,1-2H3. The second-order valence-electron chi connectivity index (χ2n) is 5.54. The molecule has 0 spiro atoms. The fourth-order valence-corrected chi connectivity index (χ4v) is 3.02. The van der Waals surface area contributed by atoms with Crippen LogP contribution in [0.2, 0.25) is 0 Å². The minimum atomic E-state index is -0.492. The molecule has 2 unspecified atom stereocenters. The summed E-state index contributed by atoms with van der Waals surface area (Å²) >= 11 is 1.76. The minimum absolute atomic E-state index is 0.321. The Morgan fingerprint density at radius 3 is 2.59 bits per heavy atom. The van der Waals surface area contributed by atoms with Gasteiger partial charge in [-0.05, 0) is 36.9 Å². The Labute approximate surface area is 137 Å². The molecule has 0 aliphatic rings. The Bertz CT molecular complexity index is 515. The number of rotatable bonds is 9. The van der Waals surface area contributed by atoms with Gasteiger partial charge >= 0.3 is 0 Å². The highest BCUT2D eigenvalue weighted by atomic mass is 32.1. The lowest BCUT2D eigenvalue weighted by molar-refractivity contribution is 0.0510. The van der Waals surface area contributed by atoms with E-state index in [9.17, 15) is 5.11 Å². The minimum Gasteiger partial charge on any atom is -0.491 e. The monoisotopic (exact) mass is 319 g/mol. The van der Waals surface area contributed by atoms with Crippen molar-refractivity contribution in [3.63, 3.8) is 0 Å². The van der Waals surface area contributed by atoms with Crippen molar-refractivity contribution in [2.45, 2.75) is 39.0 Å². The Kier molecular flexibility index (Phi) is 6.90. The molecule has 2 rings (SSSR count). The normalized spacial score (nSPS) is 14.0. The smallest absolute Gasteiger partial charge is 0.119 e. The SMILES string of the molecule is CCC(C)N(Cc1cccs1)CC(O)COc1ccccc1. The molecule has 0 aliphatic heterocycles. The van der Waals surface area contributed by atoms with Crippen LogP contribution in [0, 0.1) is 0 Å². The molecule has 0 saturated carbocycles. The maximum atomic E-state index is 10.3. The van der Waals surface area contributed by atoms with Gasteiger partial charge in [-0.15, -0.1) is 11.3 Å². The highest BCUT2D eigenvalue weighted by Gasteiger charge is 2.18. The van der Waals surface area contributed by atoms with Crippen LogP contribution in [0.25, 0.3) is 0 Å². The van der Waals surface area contributed by atoms with Gasteiger partial charge in [0.2, 0.25) is 0 Å². The highest BCUT2D eigenvalue weighted by Crippen LogP contribution is 2.16. The molecule has 0 bridgehead atoms. The number of hydrogen-bond donors (Lipinski definition) is 1. The van der Waals surface area contributed by atoms with Crippen molar-refractivity contribution in [1.82, 2.24) is 4.90 Å². The molecule has 2 atom stereocenters. The van der Waals surface area contributed by atoms with E-state index in [1.165, 1.54) is 4.88 Å². The molecule has 1 aromatic heterocycles. The average Bonchev–Trinajstić information content (AvgIpc) is 3.05. The molecule has 2 aromatic rings. The lowest BCUT2D eigenvalue weighted by atomic mass is 10.2. The summed E-state index contributed by atoms with van der Waals surface area (Å²) in [5.74, 6) is 0.801. The van der Waals surface area contributed by atoms with E-state index in [1.807, 2.05) is 30.3 Å². The van der Waals surface area contributed by atoms with Crippen LogP contribution in [-0.2, 0) is 6.54 Å². The molecule has 0 saturated heterocycles. The quantitative estimate of drug-likeness (QED) is 0.763. The summed E-state index contributed by atoms with van der Waals surface area (Å²) in [4.78, 5) is 3.65. The van der Waals surface area contributed by atoms with E-state index >= 15 is 0 Å². The fraction of sp³-hybridized carbons (Fsp3) is 0.444. The Hall–Kier alpha value is -1.36. The van der Waals surface area contributed by atoms with Crippen LogP contribution in [0.1, 0.15) is 25.1 Å². The van der Waals surface area contributed by atoms with Gasteiger partial charge in [0, 0.05) is 24.0 Å². The topological polar surface area (TPSA) is 32.7 Å². The zero-order valence-corrected chi connectivity index (χ0v) is 14.1. The summed E-state index contributed by atoms with van der Waals surface area (Å²) in [6.07, 6.45) is 0.576. The van der Waals surface area contributed by atoms with Crippen LogP contribution in [0.4, 0.5) is 0 Å². The van der Waals surface area contributed by atoms with Gasteiger partial charge in [0.1, 0.15) is 18.5 Å². The summed E-state index contributed by atoms with van der Waals surface area (Å²) in [6, 6.07) is 14.3. The molecule has 22 heavy (non-hydrogen) atoms. The molecule has 0 fully saturated rings. The van der Waals surface area contributed by atoms with Gasteiger partial charge < -0.3 is 9.84 Å². The molecule has 0 radical (unpaired) electrons. The maximum absolute atomic E-state index is 10.3. The maximum Gasteiger partial charge on any atom is 0.119 e. The van der Waals surface area contributed by atoms with Crippen LogP contribution in [0.15, 0.2) is 47.8 Å². The van der Waals surface area contributed by atoms with Crippen LogP contribution in [0.3, 0.4) is 0 Å². The van der Waals surface area contributed by atoms with Gasteiger partial charge in [-0.3, -0.25) is 4.90 Å². The van der Waals surface area contributed by atoms with E-state index in [2.05, 4.69) is 36.3 Å². The van der Waals surface area contributed by atoms with Crippen molar-refractivity contribution in [3.8, 4) is 5.75 Å². The van der Waals surface area contributed by atoms with Crippen molar-refractivity contribution in [2.24, 2.45) is 0 Å². The summed E-state index contributed by atoms with van der Waals surface area (Å²) in [7, 11) is 0. The van der Waals surface area contributed by atoms with Crippen LogP contribution < -0.4 is 4.74 Å². The van der Waals surface area contributed by atoms with E-state index in [-0.39, 0.29) is 0 Å². The molecular weight excluding hydrogens is 294 g/mol. The lowest BCUT2D eigenvalue weighted by Gasteiger charge is -2.30. The zero-order chi connectivity index (χ0) is 15.8. The van der Waals surface area contributed by atoms with Crippen molar-refractivity contribution < 1.29 is 9.84 Å². The average molecular weight is 319 g/mol. The zero-order valence-electron chi connectivity index (χ0n) is 13.3. The molecule has 3 nitrogen and oxygen atoms in total. The first-order valence-corrected chi connectivity index (χ1v) is 8.69. The number of aliphatic hydroxyl groups excluding tert-OH is 1. The number of para-hydroxylation sites is 1. The molecule has 1 aromatic carbocycles. The molecule has 0 amide bonds. The number of thiophene rings is 1. The van der Waals surface area contributed by atoms with Crippen molar-refractivity contribution in [2.75, 3.05) is 13.2 Å². The highest BCUT2D eigenvalue weighted by molar-refractivity contribution is 7.09. The van der Waals surface area contributed by atoms with Gasteiger partial charge in [0.25, 0.3) is 0 Å². The Morgan fingerprint density at radius 2 is 1.95 bits per heavy atom. The van der Waals surface area contributed by atoms with Crippen molar-refractivity contribution in [1.29, 1.82) is 0 Å². The van der Waals surface area contributed by atoms with E-state index in [1.54, 1.807) is 11.3 Å². The predicted molar refractivity (Wildman–Crippen MR) is 92.4 cm³/mol.